The molecule has 0 spiro atoms. The molecule has 136 valence electrons. The maximum Gasteiger partial charge on any atom is 0.297 e. The third kappa shape index (κ3) is 3.59. The summed E-state index contributed by atoms with van der Waals surface area (Å²) < 4.78 is 30.8. The minimum Gasteiger partial charge on any atom is -0.265 e. The van der Waals surface area contributed by atoms with Crippen molar-refractivity contribution in [2.75, 3.05) is 6.61 Å². The highest BCUT2D eigenvalue weighted by molar-refractivity contribution is 7.86. The van der Waals surface area contributed by atoms with E-state index in [4.69, 9.17) is 4.18 Å². The van der Waals surface area contributed by atoms with E-state index in [1.54, 1.807) is 24.3 Å². The van der Waals surface area contributed by atoms with E-state index in [2.05, 4.69) is 12.2 Å². The van der Waals surface area contributed by atoms with E-state index in [-0.39, 0.29) is 17.4 Å². The predicted octanol–water partition coefficient (Wildman–Crippen LogP) is 5.02. The van der Waals surface area contributed by atoms with Crippen LogP contribution < -0.4 is 0 Å². The normalized spacial score (nSPS) is 13.7. The molecule has 1 aliphatic rings. The van der Waals surface area contributed by atoms with Crippen LogP contribution in [-0.2, 0) is 14.3 Å². The average molecular weight is 376 g/mol. The predicted molar refractivity (Wildman–Crippen MR) is 108 cm³/mol. The molecule has 27 heavy (non-hydrogen) atoms. The van der Waals surface area contributed by atoms with Gasteiger partial charge in [-0.1, -0.05) is 78.4 Å². The Bertz CT molecular complexity index is 1050. The molecule has 0 heterocycles. The highest BCUT2D eigenvalue weighted by Crippen LogP contribution is 2.35. The Morgan fingerprint density at radius 2 is 1.30 bits per heavy atom. The second kappa shape index (κ2) is 7.14. The number of benzene rings is 3. The molecule has 0 unspecified atom stereocenters. The maximum atomic E-state index is 12.7. The lowest BCUT2D eigenvalue weighted by Crippen LogP contribution is -2.16. The summed E-state index contributed by atoms with van der Waals surface area (Å²) in [7, 11) is -3.81. The van der Waals surface area contributed by atoms with Crippen molar-refractivity contribution in [3.05, 3.63) is 101 Å². The van der Waals surface area contributed by atoms with E-state index in [0.29, 0.717) is 0 Å². The summed E-state index contributed by atoms with van der Waals surface area (Å²) in [5.74, 6) is -0.160. The first-order valence-electron chi connectivity index (χ1n) is 8.87. The summed E-state index contributed by atoms with van der Waals surface area (Å²) in [5.41, 5.74) is 5.30. The van der Waals surface area contributed by atoms with E-state index >= 15 is 0 Å². The first-order valence-corrected chi connectivity index (χ1v) is 10.3. The molecule has 0 saturated heterocycles. The largest absolute Gasteiger partial charge is 0.297 e. The van der Waals surface area contributed by atoms with Crippen molar-refractivity contribution >= 4 is 22.3 Å². The summed E-state index contributed by atoms with van der Waals surface area (Å²) in [6, 6.07) is 22.8. The van der Waals surface area contributed by atoms with Crippen LogP contribution in [0.1, 0.15) is 33.7 Å². The van der Waals surface area contributed by atoms with Gasteiger partial charge in [0.15, 0.2) is 0 Å². The Balaban J connectivity index is 1.69. The van der Waals surface area contributed by atoms with Crippen molar-refractivity contribution in [3.63, 3.8) is 0 Å². The van der Waals surface area contributed by atoms with Gasteiger partial charge in [-0.15, -0.1) is 0 Å². The second-order valence-electron chi connectivity index (χ2n) is 6.70. The van der Waals surface area contributed by atoms with E-state index in [1.807, 2.05) is 55.5 Å². The van der Waals surface area contributed by atoms with Gasteiger partial charge >= 0.3 is 0 Å². The van der Waals surface area contributed by atoms with Crippen LogP contribution in [0.25, 0.3) is 12.2 Å². The molecule has 0 amide bonds. The molecule has 0 aliphatic heterocycles. The van der Waals surface area contributed by atoms with Crippen LogP contribution in [-0.4, -0.2) is 15.0 Å². The lowest BCUT2D eigenvalue weighted by atomic mass is 9.88. The van der Waals surface area contributed by atoms with E-state index < -0.39 is 10.1 Å². The zero-order valence-corrected chi connectivity index (χ0v) is 15.8. The number of rotatable bonds is 4. The molecule has 0 aromatic heterocycles. The number of fused-ring (bicyclic) bond motifs is 2. The SMILES string of the molecule is Cc1ccc(S(=O)(=O)OCC2c3ccccc3C=Cc3ccccc32)cc1. The molecule has 0 atom stereocenters. The Morgan fingerprint density at radius 3 is 1.85 bits per heavy atom. The molecule has 0 radical (unpaired) electrons. The smallest absolute Gasteiger partial charge is 0.265 e. The zero-order valence-electron chi connectivity index (χ0n) is 15.0. The molecule has 3 nitrogen and oxygen atoms in total. The summed E-state index contributed by atoms with van der Waals surface area (Å²) >= 11 is 0. The van der Waals surface area contributed by atoms with Gasteiger partial charge in [-0.25, -0.2) is 0 Å². The van der Waals surface area contributed by atoms with Gasteiger partial charge in [0.05, 0.1) is 11.5 Å². The van der Waals surface area contributed by atoms with Crippen molar-refractivity contribution in [1.82, 2.24) is 0 Å². The van der Waals surface area contributed by atoms with E-state index in [1.165, 1.54) is 0 Å². The number of hydrogen-bond donors (Lipinski definition) is 0. The quantitative estimate of drug-likeness (QED) is 0.601. The molecule has 4 heteroatoms. The van der Waals surface area contributed by atoms with Gasteiger partial charge < -0.3 is 0 Å². The number of hydrogen-bond acceptors (Lipinski definition) is 3. The molecule has 1 aliphatic carbocycles. The van der Waals surface area contributed by atoms with Gasteiger partial charge in [0.25, 0.3) is 10.1 Å². The lowest BCUT2D eigenvalue weighted by Gasteiger charge is -2.20. The van der Waals surface area contributed by atoms with Crippen molar-refractivity contribution < 1.29 is 12.6 Å². The first kappa shape index (κ1) is 17.7. The van der Waals surface area contributed by atoms with Gasteiger partial charge in [0.2, 0.25) is 0 Å². The van der Waals surface area contributed by atoms with Crippen LogP contribution in [0.3, 0.4) is 0 Å². The van der Waals surface area contributed by atoms with Crippen LogP contribution in [0.15, 0.2) is 77.7 Å². The molecular formula is C23H20O3S. The Hall–Kier alpha value is -2.69. The molecule has 0 saturated carbocycles. The molecule has 0 fully saturated rings. The Labute approximate surface area is 160 Å². The van der Waals surface area contributed by atoms with Gasteiger partial charge in [-0.05, 0) is 41.3 Å². The molecular weight excluding hydrogens is 356 g/mol. The summed E-state index contributed by atoms with van der Waals surface area (Å²) in [6.45, 7) is 1.98. The summed E-state index contributed by atoms with van der Waals surface area (Å²) in [4.78, 5) is 0.182. The van der Waals surface area contributed by atoms with Gasteiger partial charge in [-0.2, -0.15) is 8.42 Å². The Morgan fingerprint density at radius 1 is 0.778 bits per heavy atom. The standard InChI is InChI=1S/C23H20O3S/c1-17-10-14-20(15-11-17)27(24,25)26-16-23-21-8-4-2-6-18(21)12-13-19-7-3-5-9-22(19)23/h2-15,23H,16H2,1H3. The van der Waals surface area contributed by atoms with E-state index in [0.717, 1.165) is 27.8 Å². The van der Waals surface area contributed by atoms with Crippen LogP contribution in [0.5, 0.6) is 0 Å². The van der Waals surface area contributed by atoms with Crippen LogP contribution in [0.4, 0.5) is 0 Å². The fourth-order valence-corrected chi connectivity index (χ4v) is 4.34. The summed E-state index contributed by atoms with van der Waals surface area (Å²) in [6.07, 6.45) is 4.14. The molecule has 3 aromatic rings. The van der Waals surface area contributed by atoms with Gasteiger partial charge in [0.1, 0.15) is 0 Å². The van der Waals surface area contributed by atoms with Crippen molar-refractivity contribution in [2.45, 2.75) is 17.7 Å². The minimum atomic E-state index is -3.81. The van der Waals surface area contributed by atoms with Gasteiger partial charge in [0, 0.05) is 5.92 Å². The summed E-state index contributed by atoms with van der Waals surface area (Å²) in [5, 5.41) is 0. The van der Waals surface area contributed by atoms with Crippen molar-refractivity contribution in [1.29, 1.82) is 0 Å². The zero-order chi connectivity index (χ0) is 18.9. The molecule has 0 bridgehead atoms. The average Bonchev–Trinajstić information content (AvgIpc) is 2.84. The van der Waals surface area contributed by atoms with Crippen molar-refractivity contribution in [2.24, 2.45) is 0 Å². The van der Waals surface area contributed by atoms with E-state index in [9.17, 15) is 8.42 Å². The highest BCUT2D eigenvalue weighted by Gasteiger charge is 2.24. The third-order valence-corrected chi connectivity index (χ3v) is 6.18. The first-order chi connectivity index (χ1) is 13.0. The fourth-order valence-electron chi connectivity index (χ4n) is 3.42. The lowest BCUT2D eigenvalue weighted by molar-refractivity contribution is 0.305. The van der Waals surface area contributed by atoms with Crippen LogP contribution in [0.2, 0.25) is 0 Å². The third-order valence-electron chi connectivity index (χ3n) is 4.88. The van der Waals surface area contributed by atoms with Crippen LogP contribution in [0, 0.1) is 6.92 Å². The number of aryl methyl sites for hydroxylation is 1. The molecule has 0 N–H and O–H groups in total. The maximum absolute atomic E-state index is 12.7. The molecule has 4 rings (SSSR count). The monoisotopic (exact) mass is 376 g/mol. The molecule has 3 aromatic carbocycles. The second-order valence-corrected chi connectivity index (χ2v) is 8.31. The van der Waals surface area contributed by atoms with Crippen molar-refractivity contribution in [3.8, 4) is 0 Å². The topological polar surface area (TPSA) is 43.4 Å². The van der Waals surface area contributed by atoms with Crippen LogP contribution >= 0.6 is 0 Å². The van der Waals surface area contributed by atoms with Gasteiger partial charge in [-0.3, -0.25) is 4.18 Å². The Kier molecular flexibility index (Phi) is 4.68. The highest BCUT2D eigenvalue weighted by atomic mass is 32.2. The fraction of sp³-hybridized carbons (Fsp3) is 0.130. The minimum absolute atomic E-state index is 0.0614.